The van der Waals surface area contributed by atoms with E-state index in [-0.39, 0.29) is 5.91 Å². The van der Waals surface area contributed by atoms with Crippen molar-refractivity contribution in [2.24, 2.45) is 5.92 Å². The molecule has 7 nitrogen and oxygen atoms in total. The summed E-state index contributed by atoms with van der Waals surface area (Å²) in [5.74, 6) is 1.26. The number of aryl methyl sites for hydroxylation is 1. The van der Waals surface area contributed by atoms with E-state index in [1.54, 1.807) is 4.90 Å². The van der Waals surface area contributed by atoms with Crippen molar-refractivity contribution in [1.29, 1.82) is 0 Å². The van der Waals surface area contributed by atoms with Gasteiger partial charge < -0.3 is 9.80 Å². The Kier molecular flexibility index (Phi) is 8.20. The van der Waals surface area contributed by atoms with Gasteiger partial charge in [0.2, 0.25) is 6.41 Å². The smallest absolute Gasteiger partial charge is 0.255 e. The van der Waals surface area contributed by atoms with Crippen LogP contribution in [0.2, 0.25) is 0 Å². The van der Waals surface area contributed by atoms with Gasteiger partial charge in [-0.3, -0.25) is 18.9 Å². The van der Waals surface area contributed by atoms with Crippen molar-refractivity contribution in [2.45, 2.75) is 40.5 Å². The van der Waals surface area contributed by atoms with Crippen LogP contribution in [0.1, 0.15) is 50.2 Å². The van der Waals surface area contributed by atoms with E-state index >= 15 is 0 Å². The van der Waals surface area contributed by atoms with Gasteiger partial charge in [0.1, 0.15) is 11.5 Å². The van der Waals surface area contributed by atoms with E-state index in [0.29, 0.717) is 31.1 Å². The molecule has 0 radical (unpaired) electrons. The van der Waals surface area contributed by atoms with Crippen LogP contribution in [-0.2, 0) is 11.2 Å². The molecule has 0 N–H and O–H groups in total. The predicted molar refractivity (Wildman–Crippen MR) is 118 cm³/mol. The summed E-state index contributed by atoms with van der Waals surface area (Å²) in [5.41, 5.74) is 2.22. The lowest BCUT2D eigenvalue weighted by molar-refractivity contribution is -0.107. The maximum Gasteiger partial charge on any atom is 0.255 e. The van der Waals surface area contributed by atoms with E-state index in [0.717, 1.165) is 43.0 Å². The number of anilines is 1. The van der Waals surface area contributed by atoms with Gasteiger partial charge >= 0.3 is 0 Å². The van der Waals surface area contributed by atoms with Crippen molar-refractivity contribution in [2.75, 3.05) is 45.2 Å². The Morgan fingerprint density at radius 1 is 1.17 bits per heavy atom. The van der Waals surface area contributed by atoms with Crippen LogP contribution in [0.4, 0.5) is 5.82 Å². The van der Waals surface area contributed by atoms with Crippen LogP contribution in [0.3, 0.4) is 0 Å². The van der Waals surface area contributed by atoms with E-state index in [1.807, 2.05) is 55.6 Å². The third kappa shape index (κ3) is 5.56. The van der Waals surface area contributed by atoms with Gasteiger partial charge in [-0.15, -0.1) is 0 Å². The summed E-state index contributed by atoms with van der Waals surface area (Å²) in [4.78, 5) is 35.2. The molecule has 2 heterocycles. The second-order valence-electron chi connectivity index (χ2n) is 8.05. The third-order valence-corrected chi connectivity index (χ3v) is 5.08. The highest BCUT2D eigenvalue weighted by Crippen LogP contribution is 2.24. The minimum absolute atomic E-state index is 0.00576. The van der Waals surface area contributed by atoms with Crippen LogP contribution in [0.25, 0.3) is 5.65 Å². The molecule has 2 aromatic rings. The molecule has 0 unspecified atom stereocenters. The molecule has 0 saturated carbocycles. The van der Waals surface area contributed by atoms with Gasteiger partial charge in [-0.05, 0) is 51.9 Å². The van der Waals surface area contributed by atoms with E-state index in [4.69, 9.17) is 0 Å². The molecule has 0 saturated heterocycles. The van der Waals surface area contributed by atoms with E-state index in [2.05, 4.69) is 23.7 Å². The molecule has 160 valence electrons. The van der Waals surface area contributed by atoms with Crippen molar-refractivity contribution in [3.8, 4) is 0 Å². The number of likely N-dealkylation sites (N-methyl/N-ethyl adjacent to an activating group) is 2. The summed E-state index contributed by atoms with van der Waals surface area (Å²) < 4.78 is 1.89. The lowest BCUT2D eigenvalue weighted by atomic mass is 10.1. The van der Waals surface area contributed by atoms with Gasteiger partial charge in [0, 0.05) is 32.4 Å². The summed E-state index contributed by atoms with van der Waals surface area (Å²) in [6.07, 6.45) is 4.32. The highest BCUT2D eigenvalue weighted by Gasteiger charge is 2.20. The molecule has 29 heavy (non-hydrogen) atoms. The highest BCUT2D eigenvalue weighted by molar-refractivity contribution is 5.94. The average Bonchev–Trinajstić information content (AvgIpc) is 3.06. The maximum atomic E-state index is 13.1. The van der Waals surface area contributed by atoms with E-state index in [1.165, 1.54) is 0 Å². The number of hydrogen-bond acceptors (Lipinski definition) is 4. The number of pyridine rings is 1. The Labute approximate surface area is 174 Å². The number of carbonyl (C=O) groups excluding carboxylic acids is 2. The topological polar surface area (TPSA) is 61.2 Å². The lowest BCUT2D eigenvalue weighted by Gasteiger charge is -2.23. The van der Waals surface area contributed by atoms with Crippen molar-refractivity contribution in [3.05, 3.63) is 29.6 Å². The minimum Gasteiger partial charge on any atom is -0.338 e. The number of rotatable bonds is 11. The van der Waals surface area contributed by atoms with Gasteiger partial charge in [0.25, 0.3) is 5.91 Å². The van der Waals surface area contributed by atoms with Crippen LogP contribution >= 0.6 is 0 Å². The van der Waals surface area contributed by atoms with E-state index < -0.39 is 0 Å². The van der Waals surface area contributed by atoms with Gasteiger partial charge in [-0.25, -0.2) is 4.98 Å². The second kappa shape index (κ2) is 10.4. The zero-order valence-electron chi connectivity index (χ0n) is 18.7. The Bertz CT molecular complexity index is 828. The molecule has 0 aromatic carbocycles. The molecule has 7 heteroatoms. The first-order valence-corrected chi connectivity index (χ1v) is 10.5. The quantitative estimate of drug-likeness (QED) is 0.543. The molecule has 0 bridgehead atoms. The van der Waals surface area contributed by atoms with Crippen LogP contribution < -0.4 is 4.90 Å². The molecular formula is C22H35N5O2. The number of amides is 2. The Morgan fingerprint density at radius 2 is 1.90 bits per heavy atom. The normalized spacial score (nSPS) is 11.4. The zero-order valence-corrected chi connectivity index (χ0v) is 18.7. The zero-order chi connectivity index (χ0) is 21.6. The standard InChI is InChI=1S/C22H35N5O2/c1-7-19-21(26(16-28)12-11-17(3)4)27-15-18(9-10-20(27)23-19)22(29)25(8-2)14-13-24(5)6/h9-10,15-17H,7-8,11-14H2,1-6H3. The molecule has 2 amide bonds. The number of nitrogens with zero attached hydrogens (tertiary/aromatic N) is 5. The van der Waals surface area contributed by atoms with Gasteiger partial charge in [-0.1, -0.05) is 20.8 Å². The summed E-state index contributed by atoms with van der Waals surface area (Å²) in [6, 6.07) is 3.69. The summed E-state index contributed by atoms with van der Waals surface area (Å²) in [5, 5.41) is 0. The molecule has 2 aromatic heterocycles. The van der Waals surface area contributed by atoms with Crippen LogP contribution in [0.15, 0.2) is 18.3 Å². The van der Waals surface area contributed by atoms with Crippen molar-refractivity contribution in [3.63, 3.8) is 0 Å². The molecule has 0 spiro atoms. The highest BCUT2D eigenvalue weighted by atomic mass is 16.2. The average molecular weight is 402 g/mol. The number of aromatic nitrogens is 2. The van der Waals surface area contributed by atoms with Crippen molar-refractivity contribution < 1.29 is 9.59 Å². The van der Waals surface area contributed by atoms with Crippen LogP contribution in [-0.4, -0.2) is 71.8 Å². The lowest BCUT2D eigenvalue weighted by Crippen LogP contribution is -2.36. The minimum atomic E-state index is -0.00576. The monoisotopic (exact) mass is 401 g/mol. The summed E-state index contributed by atoms with van der Waals surface area (Å²) in [7, 11) is 4.00. The molecular weight excluding hydrogens is 366 g/mol. The number of hydrogen-bond donors (Lipinski definition) is 0. The third-order valence-electron chi connectivity index (χ3n) is 5.08. The number of carbonyl (C=O) groups is 2. The Hall–Kier alpha value is -2.41. The van der Waals surface area contributed by atoms with Crippen LogP contribution in [0.5, 0.6) is 0 Å². The molecule has 2 rings (SSSR count). The number of imidazole rings is 1. The van der Waals surface area contributed by atoms with Crippen molar-refractivity contribution >= 4 is 23.8 Å². The van der Waals surface area contributed by atoms with Gasteiger partial charge in [-0.2, -0.15) is 0 Å². The predicted octanol–water partition coefficient (Wildman–Crippen LogP) is 2.93. The fourth-order valence-electron chi connectivity index (χ4n) is 3.26. The molecule has 0 fully saturated rings. The first-order chi connectivity index (χ1) is 13.8. The van der Waals surface area contributed by atoms with Gasteiger partial charge in [0.05, 0.1) is 11.3 Å². The first kappa shape index (κ1) is 22.9. The van der Waals surface area contributed by atoms with E-state index in [9.17, 15) is 9.59 Å². The number of fused-ring (bicyclic) bond motifs is 1. The molecule has 0 atom stereocenters. The summed E-state index contributed by atoms with van der Waals surface area (Å²) in [6.45, 7) is 11.1. The second-order valence-corrected chi connectivity index (χ2v) is 8.05. The SMILES string of the molecule is CCc1nc2ccc(C(=O)N(CC)CCN(C)C)cn2c1N(C=O)CCC(C)C. The van der Waals surface area contributed by atoms with Gasteiger partial charge in [0.15, 0.2) is 0 Å². The maximum absolute atomic E-state index is 13.1. The summed E-state index contributed by atoms with van der Waals surface area (Å²) >= 11 is 0. The fourth-order valence-corrected chi connectivity index (χ4v) is 3.26. The van der Waals surface area contributed by atoms with Crippen molar-refractivity contribution in [1.82, 2.24) is 19.2 Å². The largest absolute Gasteiger partial charge is 0.338 e. The fraction of sp³-hybridized carbons (Fsp3) is 0.591. The van der Waals surface area contributed by atoms with Crippen LogP contribution in [0, 0.1) is 5.92 Å². The molecule has 0 aliphatic carbocycles. The Balaban J connectivity index is 2.43. The molecule has 0 aliphatic rings. The Morgan fingerprint density at radius 3 is 2.45 bits per heavy atom. The molecule has 0 aliphatic heterocycles. The first-order valence-electron chi connectivity index (χ1n) is 10.5.